The van der Waals surface area contributed by atoms with Crippen LogP contribution in [0.5, 0.6) is 0 Å². The maximum atomic E-state index is 5.43. The van der Waals surface area contributed by atoms with Crippen molar-refractivity contribution in [3.63, 3.8) is 0 Å². The van der Waals surface area contributed by atoms with E-state index in [-0.39, 0.29) is 0 Å². The second kappa shape index (κ2) is 16.8. The quantitative estimate of drug-likeness (QED) is 0.146. The van der Waals surface area contributed by atoms with Crippen molar-refractivity contribution >= 4 is 0 Å². The third kappa shape index (κ3) is 7.83. The van der Waals surface area contributed by atoms with E-state index < -0.39 is 0 Å². The molecule has 62 heavy (non-hydrogen) atoms. The summed E-state index contributed by atoms with van der Waals surface area (Å²) in [6.07, 6.45) is 0. The summed E-state index contributed by atoms with van der Waals surface area (Å²) in [4.78, 5) is 26.2. The fourth-order valence-electron chi connectivity index (χ4n) is 8.00. The van der Waals surface area contributed by atoms with E-state index in [0.717, 1.165) is 89.3 Å². The van der Waals surface area contributed by atoms with Gasteiger partial charge in [0.15, 0.2) is 23.3 Å². The van der Waals surface area contributed by atoms with Crippen molar-refractivity contribution in [3.8, 4) is 101 Å². The summed E-state index contributed by atoms with van der Waals surface area (Å²) in [6.45, 7) is 4.26. The van der Waals surface area contributed by atoms with Gasteiger partial charge in [-0.05, 0) is 89.2 Å². The lowest BCUT2D eigenvalue weighted by Gasteiger charge is -2.17. The molecule has 10 aromatic rings. The normalized spacial score (nSPS) is 11.1. The zero-order valence-corrected chi connectivity index (χ0v) is 34.4. The van der Waals surface area contributed by atoms with Crippen molar-refractivity contribution in [2.45, 2.75) is 13.8 Å². The molecule has 2 aromatic heterocycles. The van der Waals surface area contributed by atoms with E-state index >= 15 is 0 Å². The zero-order valence-electron chi connectivity index (χ0n) is 34.4. The van der Waals surface area contributed by atoms with Gasteiger partial charge >= 0.3 is 0 Å². The van der Waals surface area contributed by atoms with Gasteiger partial charge in [0.1, 0.15) is 0 Å². The topological polar surface area (TPSA) is 64.5 Å². The highest BCUT2D eigenvalue weighted by molar-refractivity contribution is 5.86. The lowest BCUT2D eigenvalue weighted by Crippen LogP contribution is -2.03. The number of hydrogen-bond acceptors (Lipinski definition) is 5. The Hall–Kier alpha value is -8.15. The SMILES string of the molecule is Cc1ccccc1-c1nc(-c2cc(-c3cc(-c4ccccc4)cc(-c4ccccc4)c3)cc(-c3nc(-c4ccccc4)nc(-c4ccccc4)n3)c2)nc(-c2ccccc2)c1C. The lowest BCUT2D eigenvalue weighted by molar-refractivity contribution is 1.07. The molecule has 294 valence electrons. The summed E-state index contributed by atoms with van der Waals surface area (Å²) in [6, 6.07) is 73.4. The Morgan fingerprint density at radius 1 is 0.242 bits per heavy atom. The lowest BCUT2D eigenvalue weighted by atomic mass is 9.91. The maximum absolute atomic E-state index is 5.43. The molecular formula is C57H41N5. The van der Waals surface area contributed by atoms with E-state index in [9.17, 15) is 0 Å². The highest BCUT2D eigenvalue weighted by atomic mass is 15.0. The van der Waals surface area contributed by atoms with E-state index in [0.29, 0.717) is 23.3 Å². The Labute approximate surface area is 362 Å². The minimum absolute atomic E-state index is 0.554. The first kappa shape index (κ1) is 38.1. The molecule has 0 aliphatic heterocycles. The van der Waals surface area contributed by atoms with Crippen molar-refractivity contribution in [2.24, 2.45) is 0 Å². The highest BCUT2D eigenvalue weighted by Gasteiger charge is 2.20. The van der Waals surface area contributed by atoms with Crippen molar-refractivity contribution in [2.75, 3.05) is 0 Å². The molecule has 0 radical (unpaired) electrons. The average molecular weight is 796 g/mol. The molecule has 0 N–H and O–H groups in total. The monoisotopic (exact) mass is 795 g/mol. The molecule has 0 saturated heterocycles. The molecule has 8 aromatic carbocycles. The summed E-state index contributed by atoms with van der Waals surface area (Å²) in [5.41, 5.74) is 16.1. The van der Waals surface area contributed by atoms with Crippen molar-refractivity contribution < 1.29 is 0 Å². The highest BCUT2D eigenvalue weighted by Crippen LogP contribution is 2.39. The van der Waals surface area contributed by atoms with Gasteiger partial charge in [0.2, 0.25) is 0 Å². The van der Waals surface area contributed by atoms with Gasteiger partial charge in [0.05, 0.1) is 11.4 Å². The standard InChI is InChI=1S/C57H41N5/c1-38-20-18-19-31-51(38)53-39(2)52(42-25-12-5-13-26-42)58-56(59-53)49-35-48(47-33-45(40-21-8-3-9-22-40)32-46(34-47)41-23-10-4-11-24-41)36-50(37-49)57-61-54(43-27-14-6-15-28-43)60-55(62-57)44-29-16-7-17-30-44/h3-37H,1-2H3. The maximum Gasteiger partial charge on any atom is 0.164 e. The molecule has 0 unspecified atom stereocenters. The first-order valence-electron chi connectivity index (χ1n) is 20.8. The van der Waals surface area contributed by atoms with Crippen molar-refractivity contribution in [3.05, 3.63) is 223 Å². The van der Waals surface area contributed by atoms with Gasteiger partial charge < -0.3 is 0 Å². The molecule has 0 atom stereocenters. The third-order valence-electron chi connectivity index (χ3n) is 11.2. The average Bonchev–Trinajstić information content (AvgIpc) is 3.35. The summed E-state index contributed by atoms with van der Waals surface area (Å²) >= 11 is 0. The molecular weight excluding hydrogens is 755 g/mol. The van der Waals surface area contributed by atoms with Gasteiger partial charge in [-0.15, -0.1) is 0 Å². The predicted molar refractivity (Wildman–Crippen MR) is 254 cm³/mol. The molecule has 0 aliphatic rings. The van der Waals surface area contributed by atoms with E-state index in [4.69, 9.17) is 24.9 Å². The molecule has 2 heterocycles. The van der Waals surface area contributed by atoms with Gasteiger partial charge in [0, 0.05) is 38.9 Å². The molecule has 0 bridgehead atoms. The van der Waals surface area contributed by atoms with Gasteiger partial charge in [-0.25, -0.2) is 24.9 Å². The Bertz CT molecular complexity index is 2910. The van der Waals surface area contributed by atoms with Crippen LogP contribution in [-0.4, -0.2) is 24.9 Å². The van der Waals surface area contributed by atoms with Crippen LogP contribution in [0.1, 0.15) is 11.1 Å². The van der Waals surface area contributed by atoms with Gasteiger partial charge in [-0.2, -0.15) is 0 Å². The van der Waals surface area contributed by atoms with Crippen LogP contribution < -0.4 is 0 Å². The predicted octanol–water partition coefficient (Wildman–Crippen LogP) is 14.3. The van der Waals surface area contributed by atoms with Crippen LogP contribution in [0, 0.1) is 13.8 Å². The van der Waals surface area contributed by atoms with Crippen LogP contribution in [0.2, 0.25) is 0 Å². The number of hydrogen-bond donors (Lipinski definition) is 0. The summed E-state index contributed by atoms with van der Waals surface area (Å²) < 4.78 is 0. The molecule has 0 aliphatic carbocycles. The molecule has 5 nitrogen and oxygen atoms in total. The van der Waals surface area contributed by atoms with E-state index in [1.165, 1.54) is 0 Å². The molecule has 0 amide bonds. The number of aryl methyl sites for hydroxylation is 1. The zero-order chi connectivity index (χ0) is 41.8. The fraction of sp³-hybridized carbons (Fsp3) is 0.0351. The van der Waals surface area contributed by atoms with Gasteiger partial charge in [-0.3, -0.25) is 0 Å². The molecule has 0 saturated carbocycles. The number of benzene rings is 8. The van der Waals surface area contributed by atoms with E-state index in [2.05, 4.69) is 159 Å². The minimum atomic E-state index is 0.554. The van der Waals surface area contributed by atoms with Crippen LogP contribution in [-0.2, 0) is 0 Å². The van der Waals surface area contributed by atoms with Gasteiger partial charge in [0.25, 0.3) is 0 Å². The van der Waals surface area contributed by atoms with Crippen LogP contribution >= 0.6 is 0 Å². The Balaban J connectivity index is 1.26. The molecule has 10 rings (SSSR count). The Kier molecular flexibility index (Phi) is 10.3. The van der Waals surface area contributed by atoms with Crippen LogP contribution in [0.15, 0.2) is 212 Å². The largest absolute Gasteiger partial charge is 0.228 e. The number of rotatable bonds is 9. The van der Waals surface area contributed by atoms with Crippen LogP contribution in [0.25, 0.3) is 101 Å². The minimum Gasteiger partial charge on any atom is -0.228 e. The summed E-state index contributed by atoms with van der Waals surface area (Å²) in [5.74, 6) is 2.36. The second-order valence-electron chi connectivity index (χ2n) is 15.4. The van der Waals surface area contributed by atoms with E-state index in [1.54, 1.807) is 0 Å². The Morgan fingerprint density at radius 2 is 0.548 bits per heavy atom. The first-order valence-corrected chi connectivity index (χ1v) is 20.8. The molecule has 0 spiro atoms. The Morgan fingerprint density at radius 3 is 1.00 bits per heavy atom. The van der Waals surface area contributed by atoms with Crippen molar-refractivity contribution in [1.82, 2.24) is 24.9 Å². The van der Waals surface area contributed by atoms with Crippen molar-refractivity contribution in [1.29, 1.82) is 0 Å². The molecule has 5 heteroatoms. The van der Waals surface area contributed by atoms with Crippen LogP contribution in [0.3, 0.4) is 0 Å². The summed E-state index contributed by atoms with van der Waals surface area (Å²) in [7, 11) is 0. The van der Waals surface area contributed by atoms with Crippen LogP contribution in [0.4, 0.5) is 0 Å². The first-order chi connectivity index (χ1) is 30.5. The van der Waals surface area contributed by atoms with E-state index in [1.807, 2.05) is 66.7 Å². The smallest absolute Gasteiger partial charge is 0.164 e. The van der Waals surface area contributed by atoms with Gasteiger partial charge in [-0.1, -0.05) is 176 Å². The summed E-state index contributed by atoms with van der Waals surface area (Å²) in [5, 5.41) is 0. The fourth-order valence-corrected chi connectivity index (χ4v) is 8.00. The second-order valence-corrected chi connectivity index (χ2v) is 15.4. The third-order valence-corrected chi connectivity index (χ3v) is 11.2. The number of aromatic nitrogens is 5. The molecule has 0 fully saturated rings. The number of nitrogens with zero attached hydrogens (tertiary/aromatic N) is 5.